The van der Waals surface area contributed by atoms with Crippen LogP contribution in [0.1, 0.15) is 27.2 Å². The second kappa shape index (κ2) is 7.28. The summed E-state index contributed by atoms with van der Waals surface area (Å²) in [5, 5.41) is 19.5. The number of nitrogens with zero attached hydrogens (tertiary/aromatic N) is 1. The lowest BCUT2D eigenvalue weighted by Crippen LogP contribution is -2.51. The topological polar surface area (TPSA) is 62.2 Å². The molecular formula is C12H25NO4. The lowest BCUT2D eigenvalue weighted by Gasteiger charge is -2.35. The van der Waals surface area contributed by atoms with Crippen molar-refractivity contribution in [3.63, 3.8) is 0 Å². The summed E-state index contributed by atoms with van der Waals surface area (Å²) in [4.78, 5) is 2.03. The number of rotatable bonds is 7. The highest BCUT2D eigenvalue weighted by molar-refractivity contribution is 4.85. The van der Waals surface area contributed by atoms with Gasteiger partial charge < -0.3 is 19.7 Å². The van der Waals surface area contributed by atoms with Gasteiger partial charge in [0.1, 0.15) is 6.23 Å². The fraction of sp³-hybridized carbons (Fsp3) is 1.00. The van der Waals surface area contributed by atoms with Gasteiger partial charge in [0.2, 0.25) is 0 Å². The molecule has 0 aromatic rings. The summed E-state index contributed by atoms with van der Waals surface area (Å²) in [7, 11) is 0. The molecule has 1 fully saturated rings. The molecule has 0 aromatic carbocycles. The molecule has 0 spiro atoms. The molecule has 1 aliphatic heterocycles. The fourth-order valence-corrected chi connectivity index (χ4v) is 2.42. The van der Waals surface area contributed by atoms with E-state index < -0.39 is 6.10 Å². The monoisotopic (exact) mass is 247 g/mol. The SMILES string of the molecule is CCO[C@@H](C)C(O)C(CC)N1CCOC1CO. The van der Waals surface area contributed by atoms with Crippen molar-refractivity contribution in [1.82, 2.24) is 4.90 Å². The standard InChI is InChI=1S/C12H25NO4/c1-4-10(12(15)9(3)16-5-2)13-6-7-17-11(13)8-14/h9-12,14-15H,4-8H2,1-3H3/t9-,10?,11?,12?/m0/s1. The van der Waals surface area contributed by atoms with Gasteiger partial charge in [-0.3, -0.25) is 4.90 Å². The molecule has 0 aromatic heterocycles. The Morgan fingerprint density at radius 3 is 2.71 bits per heavy atom. The molecule has 3 unspecified atom stereocenters. The molecule has 102 valence electrons. The molecule has 0 amide bonds. The van der Waals surface area contributed by atoms with Crippen molar-refractivity contribution in [2.45, 2.75) is 51.7 Å². The summed E-state index contributed by atoms with van der Waals surface area (Å²) in [6.07, 6.45) is -0.248. The van der Waals surface area contributed by atoms with E-state index in [1.54, 1.807) is 0 Å². The predicted octanol–water partition coefficient (Wildman–Crippen LogP) is 0.201. The minimum Gasteiger partial charge on any atom is -0.392 e. The number of aliphatic hydroxyl groups is 2. The molecule has 5 nitrogen and oxygen atoms in total. The summed E-state index contributed by atoms with van der Waals surface area (Å²) in [6, 6.07) is -0.0313. The lowest BCUT2D eigenvalue weighted by atomic mass is 10.0. The fourth-order valence-electron chi connectivity index (χ4n) is 2.42. The van der Waals surface area contributed by atoms with Crippen molar-refractivity contribution in [3.8, 4) is 0 Å². The van der Waals surface area contributed by atoms with Crippen LogP contribution in [0.2, 0.25) is 0 Å². The largest absolute Gasteiger partial charge is 0.392 e. The molecule has 4 atom stereocenters. The second-order valence-corrected chi connectivity index (χ2v) is 4.37. The third-order valence-corrected chi connectivity index (χ3v) is 3.33. The van der Waals surface area contributed by atoms with Crippen molar-refractivity contribution in [2.75, 3.05) is 26.4 Å². The van der Waals surface area contributed by atoms with E-state index >= 15 is 0 Å². The molecule has 1 heterocycles. The highest BCUT2D eigenvalue weighted by Crippen LogP contribution is 2.20. The van der Waals surface area contributed by atoms with E-state index in [1.807, 2.05) is 25.7 Å². The molecule has 0 saturated carbocycles. The smallest absolute Gasteiger partial charge is 0.134 e. The number of aliphatic hydroxyl groups excluding tert-OH is 2. The molecular weight excluding hydrogens is 222 g/mol. The Labute approximate surface area is 103 Å². The molecule has 1 aliphatic rings. The number of hydrogen-bond acceptors (Lipinski definition) is 5. The van der Waals surface area contributed by atoms with E-state index in [4.69, 9.17) is 9.47 Å². The van der Waals surface area contributed by atoms with Crippen LogP contribution in [0.25, 0.3) is 0 Å². The second-order valence-electron chi connectivity index (χ2n) is 4.37. The third kappa shape index (κ3) is 3.63. The molecule has 0 radical (unpaired) electrons. The maximum absolute atomic E-state index is 10.3. The number of hydrogen-bond donors (Lipinski definition) is 2. The summed E-state index contributed by atoms with van der Waals surface area (Å²) in [5.74, 6) is 0. The molecule has 0 aliphatic carbocycles. The van der Waals surface area contributed by atoms with Gasteiger partial charge in [-0.2, -0.15) is 0 Å². The third-order valence-electron chi connectivity index (χ3n) is 3.33. The van der Waals surface area contributed by atoms with E-state index in [0.717, 1.165) is 13.0 Å². The maximum atomic E-state index is 10.3. The summed E-state index contributed by atoms with van der Waals surface area (Å²) in [6.45, 7) is 7.73. The van der Waals surface area contributed by atoms with Crippen molar-refractivity contribution >= 4 is 0 Å². The van der Waals surface area contributed by atoms with Gasteiger partial charge in [0.15, 0.2) is 0 Å². The highest BCUT2D eigenvalue weighted by Gasteiger charge is 2.36. The van der Waals surface area contributed by atoms with Gasteiger partial charge >= 0.3 is 0 Å². The van der Waals surface area contributed by atoms with Crippen LogP contribution in [-0.2, 0) is 9.47 Å². The van der Waals surface area contributed by atoms with Crippen LogP contribution in [0.5, 0.6) is 0 Å². The van der Waals surface area contributed by atoms with Gasteiger partial charge in [-0.25, -0.2) is 0 Å². The van der Waals surface area contributed by atoms with Crippen LogP contribution < -0.4 is 0 Å². The van der Waals surface area contributed by atoms with Gasteiger partial charge in [0, 0.05) is 19.2 Å². The maximum Gasteiger partial charge on any atom is 0.134 e. The van der Waals surface area contributed by atoms with Crippen molar-refractivity contribution < 1.29 is 19.7 Å². The van der Waals surface area contributed by atoms with Gasteiger partial charge in [-0.15, -0.1) is 0 Å². The number of ether oxygens (including phenoxy) is 2. The Kier molecular flexibility index (Phi) is 6.37. The molecule has 2 N–H and O–H groups in total. The van der Waals surface area contributed by atoms with E-state index in [0.29, 0.717) is 13.2 Å². The quantitative estimate of drug-likeness (QED) is 0.673. The normalized spacial score (nSPS) is 27.0. The Morgan fingerprint density at radius 1 is 1.47 bits per heavy atom. The Morgan fingerprint density at radius 2 is 2.18 bits per heavy atom. The van der Waals surface area contributed by atoms with E-state index in [9.17, 15) is 10.2 Å². The Hall–Kier alpha value is -0.200. The van der Waals surface area contributed by atoms with Gasteiger partial charge in [-0.05, 0) is 20.3 Å². The Bertz CT molecular complexity index is 215. The van der Waals surface area contributed by atoms with Crippen molar-refractivity contribution in [3.05, 3.63) is 0 Å². The van der Waals surface area contributed by atoms with E-state index in [-0.39, 0.29) is 25.0 Å². The highest BCUT2D eigenvalue weighted by atomic mass is 16.5. The first-order valence-corrected chi connectivity index (χ1v) is 6.43. The van der Waals surface area contributed by atoms with Gasteiger partial charge in [0.05, 0.1) is 25.4 Å². The van der Waals surface area contributed by atoms with Crippen LogP contribution in [0.4, 0.5) is 0 Å². The van der Waals surface area contributed by atoms with Crippen molar-refractivity contribution in [2.24, 2.45) is 0 Å². The first kappa shape index (κ1) is 14.9. The van der Waals surface area contributed by atoms with Gasteiger partial charge in [0.25, 0.3) is 0 Å². The zero-order chi connectivity index (χ0) is 12.8. The van der Waals surface area contributed by atoms with Crippen LogP contribution in [-0.4, -0.2) is 66.0 Å². The molecule has 1 rings (SSSR count). The zero-order valence-corrected chi connectivity index (χ0v) is 11.0. The molecule has 1 saturated heterocycles. The zero-order valence-electron chi connectivity index (χ0n) is 11.0. The summed E-state index contributed by atoms with van der Waals surface area (Å²) in [5.41, 5.74) is 0. The molecule has 17 heavy (non-hydrogen) atoms. The summed E-state index contributed by atoms with van der Waals surface area (Å²) < 4.78 is 10.8. The van der Waals surface area contributed by atoms with Gasteiger partial charge in [-0.1, -0.05) is 6.92 Å². The minimum atomic E-state index is -0.560. The van der Waals surface area contributed by atoms with Crippen LogP contribution in [0.3, 0.4) is 0 Å². The van der Waals surface area contributed by atoms with E-state index in [2.05, 4.69) is 0 Å². The summed E-state index contributed by atoms with van der Waals surface area (Å²) >= 11 is 0. The first-order valence-electron chi connectivity index (χ1n) is 6.43. The molecule has 5 heteroatoms. The van der Waals surface area contributed by atoms with Crippen LogP contribution in [0.15, 0.2) is 0 Å². The van der Waals surface area contributed by atoms with E-state index in [1.165, 1.54) is 0 Å². The van der Waals surface area contributed by atoms with Crippen molar-refractivity contribution in [1.29, 1.82) is 0 Å². The average Bonchev–Trinajstić information content (AvgIpc) is 2.78. The lowest BCUT2D eigenvalue weighted by molar-refractivity contribution is -0.0940. The Balaban J connectivity index is 2.62. The predicted molar refractivity (Wildman–Crippen MR) is 64.7 cm³/mol. The minimum absolute atomic E-state index is 0.0313. The first-order chi connectivity index (χ1) is 8.15. The average molecular weight is 247 g/mol. The van der Waals surface area contributed by atoms with Crippen LogP contribution in [0, 0.1) is 0 Å². The molecule has 0 bridgehead atoms. The van der Waals surface area contributed by atoms with Crippen LogP contribution >= 0.6 is 0 Å².